The summed E-state index contributed by atoms with van der Waals surface area (Å²) in [4.78, 5) is 34.1. The molecule has 2 N–H and O–H groups in total. The number of carbonyl (C=O) groups is 3. The van der Waals surface area contributed by atoms with Crippen LogP contribution in [0.5, 0.6) is 0 Å². The molecule has 0 saturated heterocycles. The third-order valence-corrected chi connectivity index (χ3v) is 2.43. The normalized spacial score (nSPS) is 10.1. The van der Waals surface area contributed by atoms with Crippen LogP contribution >= 0.6 is 0 Å². The number of anilines is 1. The summed E-state index contributed by atoms with van der Waals surface area (Å²) in [5, 5.41) is 5.00. The van der Waals surface area contributed by atoms with Crippen molar-refractivity contribution in [2.75, 3.05) is 11.9 Å². The van der Waals surface area contributed by atoms with E-state index >= 15 is 0 Å². The van der Waals surface area contributed by atoms with Crippen LogP contribution in [-0.4, -0.2) is 24.1 Å². The van der Waals surface area contributed by atoms with Crippen LogP contribution in [0.25, 0.3) is 0 Å². The molecule has 0 radical (unpaired) electrons. The first kappa shape index (κ1) is 14.9. The van der Waals surface area contributed by atoms with E-state index in [0.717, 1.165) is 0 Å². The second-order valence-electron chi connectivity index (χ2n) is 4.69. The van der Waals surface area contributed by atoms with Gasteiger partial charge in [0.25, 0.3) is 0 Å². The third-order valence-electron chi connectivity index (χ3n) is 2.43. The SMILES string of the molecule is CC(=O)c1ccc(NC(=O)C(=O)NCC(C)C)cc1. The van der Waals surface area contributed by atoms with Gasteiger partial charge in [-0.1, -0.05) is 13.8 Å². The highest BCUT2D eigenvalue weighted by atomic mass is 16.2. The van der Waals surface area contributed by atoms with E-state index in [9.17, 15) is 14.4 Å². The summed E-state index contributed by atoms with van der Waals surface area (Å²) in [7, 11) is 0. The highest BCUT2D eigenvalue weighted by Gasteiger charge is 2.13. The van der Waals surface area contributed by atoms with E-state index in [4.69, 9.17) is 0 Å². The van der Waals surface area contributed by atoms with Gasteiger partial charge in [-0.3, -0.25) is 14.4 Å². The van der Waals surface area contributed by atoms with Gasteiger partial charge in [0, 0.05) is 17.8 Å². The fourth-order valence-electron chi connectivity index (χ4n) is 1.35. The largest absolute Gasteiger partial charge is 0.348 e. The molecule has 0 aromatic heterocycles. The number of Topliss-reactive ketones (excluding diaryl/α,β-unsaturated/α-hetero) is 1. The van der Waals surface area contributed by atoms with E-state index in [0.29, 0.717) is 17.8 Å². The molecule has 0 heterocycles. The first-order chi connectivity index (χ1) is 8.90. The molecule has 1 aromatic rings. The maximum Gasteiger partial charge on any atom is 0.313 e. The van der Waals surface area contributed by atoms with Gasteiger partial charge < -0.3 is 10.6 Å². The molecular formula is C14H18N2O3. The number of hydrogen-bond donors (Lipinski definition) is 2. The van der Waals surface area contributed by atoms with E-state index in [1.165, 1.54) is 6.92 Å². The van der Waals surface area contributed by atoms with Crippen molar-refractivity contribution in [1.82, 2.24) is 5.32 Å². The van der Waals surface area contributed by atoms with Gasteiger partial charge in [-0.05, 0) is 37.1 Å². The first-order valence-electron chi connectivity index (χ1n) is 6.10. The Hall–Kier alpha value is -2.17. The van der Waals surface area contributed by atoms with E-state index in [2.05, 4.69) is 10.6 Å². The van der Waals surface area contributed by atoms with Gasteiger partial charge in [0.05, 0.1) is 0 Å². The van der Waals surface area contributed by atoms with Gasteiger partial charge in [-0.15, -0.1) is 0 Å². The molecule has 1 aromatic carbocycles. The van der Waals surface area contributed by atoms with E-state index < -0.39 is 11.8 Å². The van der Waals surface area contributed by atoms with Crippen LogP contribution in [0.15, 0.2) is 24.3 Å². The zero-order chi connectivity index (χ0) is 14.4. The Morgan fingerprint density at radius 3 is 2.11 bits per heavy atom. The van der Waals surface area contributed by atoms with Crippen molar-refractivity contribution in [1.29, 1.82) is 0 Å². The van der Waals surface area contributed by atoms with Crippen LogP contribution in [0.2, 0.25) is 0 Å². The topological polar surface area (TPSA) is 75.3 Å². The van der Waals surface area contributed by atoms with E-state index in [-0.39, 0.29) is 11.7 Å². The van der Waals surface area contributed by atoms with Crippen molar-refractivity contribution in [2.45, 2.75) is 20.8 Å². The molecule has 0 atom stereocenters. The molecule has 5 nitrogen and oxygen atoms in total. The van der Waals surface area contributed by atoms with Crippen LogP contribution < -0.4 is 10.6 Å². The predicted octanol–water partition coefficient (Wildman–Crippen LogP) is 1.60. The van der Waals surface area contributed by atoms with Gasteiger partial charge in [0.15, 0.2) is 5.78 Å². The highest BCUT2D eigenvalue weighted by molar-refractivity contribution is 6.39. The molecule has 5 heteroatoms. The fourth-order valence-corrected chi connectivity index (χ4v) is 1.35. The minimum absolute atomic E-state index is 0.0486. The lowest BCUT2D eigenvalue weighted by molar-refractivity contribution is -0.136. The Morgan fingerprint density at radius 1 is 1.05 bits per heavy atom. The summed E-state index contributed by atoms with van der Waals surface area (Å²) in [5.41, 5.74) is 1.04. The predicted molar refractivity (Wildman–Crippen MR) is 72.9 cm³/mol. The van der Waals surface area contributed by atoms with Gasteiger partial charge >= 0.3 is 11.8 Å². The highest BCUT2D eigenvalue weighted by Crippen LogP contribution is 2.09. The number of ketones is 1. The monoisotopic (exact) mass is 262 g/mol. The van der Waals surface area contributed by atoms with Crippen molar-refractivity contribution in [2.24, 2.45) is 5.92 Å². The Kier molecular flexibility index (Phi) is 5.23. The van der Waals surface area contributed by atoms with Crippen molar-refractivity contribution in [3.63, 3.8) is 0 Å². The Balaban J connectivity index is 2.56. The van der Waals surface area contributed by atoms with Crippen LogP contribution in [0, 0.1) is 5.92 Å². The van der Waals surface area contributed by atoms with Gasteiger partial charge in [0.1, 0.15) is 0 Å². The summed E-state index contributed by atoms with van der Waals surface area (Å²) in [6.45, 7) is 5.81. The number of nitrogens with one attached hydrogen (secondary N) is 2. The third kappa shape index (κ3) is 4.91. The number of hydrogen-bond acceptors (Lipinski definition) is 3. The summed E-state index contributed by atoms with van der Waals surface area (Å²) in [6.07, 6.45) is 0. The molecular weight excluding hydrogens is 244 g/mol. The second-order valence-corrected chi connectivity index (χ2v) is 4.69. The molecule has 19 heavy (non-hydrogen) atoms. The summed E-state index contributed by atoms with van der Waals surface area (Å²) >= 11 is 0. The van der Waals surface area contributed by atoms with Crippen LogP contribution in [-0.2, 0) is 9.59 Å². The molecule has 0 unspecified atom stereocenters. The maximum atomic E-state index is 11.6. The molecule has 1 rings (SSSR count). The van der Waals surface area contributed by atoms with E-state index in [1.807, 2.05) is 13.8 Å². The lowest BCUT2D eigenvalue weighted by Crippen LogP contribution is -2.37. The summed E-state index contributed by atoms with van der Waals surface area (Å²) in [5.74, 6) is -1.14. The molecule has 0 saturated carbocycles. The van der Waals surface area contributed by atoms with Gasteiger partial charge in [-0.2, -0.15) is 0 Å². The quantitative estimate of drug-likeness (QED) is 0.639. The minimum Gasteiger partial charge on any atom is -0.348 e. The standard InChI is InChI=1S/C14H18N2O3/c1-9(2)8-15-13(18)14(19)16-12-6-4-11(5-7-12)10(3)17/h4-7,9H,8H2,1-3H3,(H,15,18)(H,16,19). The first-order valence-corrected chi connectivity index (χ1v) is 6.10. The number of benzene rings is 1. The summed E-state index contributed by atoms with van der Waals surface area (Å²) in [6, 6.07) is 6.38. The van der Waals surface area contributed by atoms with Crippen molar-refractivity contribution in [3.05, 3.63) is 29.8 Å². The molecule has 0 aliphatic carbocycles. The van der Waals surface area contributed by atoms with Gasteiger partial charge in [0.2, 0.25) is 0 Å². The molecule has 0 spiro atoms. The zero-order valence-electron chi connectivity index (χ0n) is 11.3. The van der Waals surface area contributed by atoms with Crippen molar-refractivity contribution in [3.8, 4) is 0 Å². The van der Waals surface area contributed by atoms with Crippen LogP contribution in [0.1, 0.15) is 31.1 Å². The molecule has 0 fully saturated rings. The minimum atomic E-state index is -0.712. The van der Waals surface area contributed by atoms with Crippen LogP contribution in [0.4, 0.5) is 5.69 Å². The average molecular weight is 262 g/mol. The average Bonchev–Trinajstić information content (AvgIpc) is 2.36. The van der Waals surface area contributed by atoms with Gasteiger partial charge in [-0.25, -0.2) is 0 Å². The van der Waals surface area contributed by atoms with Crippen molar-refractivity contribution < 1.29 is 14.4 Å². The lowest BCUT2D eigenvalue weighted by atomic mass is 10.1. The van der Waals surface area contributed by atoms with Crippen molar-refractivity contribution >= 4 is 23.3 Å². The zero-order valence-corrected chi connectivity index (χ0v) is 11.3. The molecule has 0 aliphatic rings. The number of rotatable bonds is 4. The smallest absolute Gasteiger partial charge is 0.313 e. The Labute approximate surface area is 112 Å². The Bertz CT molecular complexity index is 478. The van der Waals surface area contributed by atoms with Crippen LogP contribution in [0.3, 0.4) is 0 Å². The number of carbonyl (C=O) groups excluding carboxylic acids is 3. The number of amides is 2. The molecule has 0 aliphatic heterocycles. The molecule has 2 amide bonds. The molecule has 102 valence electrons. The van der Waals surface area contributed by atoms with E-state index in [1.54, 1.807) is 24.3 Å². The lowest BCUT2D eigenvalue weighted by Gasteiger charge is -2.08. The second kappa shape index (κ2) is 6.68. The maximum absolute atomic E-state index is 11.6. The molecule has 0 bridgehead atoms. The Morgan fingerprint density at radius 2 is 1.63 bits per heavy atom. The fraction of sp³-hybridized carbons (Fsp3) is 0.357. The summed E-state index contributed by atoms with van der Waals surface area (Å²) < 4.78 is 0.